The maximum atomic E-state index is 13.1. The number of carbonyl (C=O) groups excluding carboxylic acids is 2. The first kappa shape index (κ1) is 16.7. The van der Waals surface area contributed by atoms with E-state index in [4.69, 9.17) is 0 Å². The van der Waals surface area contributed by atoms with Crippen LogP contribution in [0.5, 0.6) is 0 Å². The van der Waals surface area contributed by atoms with Crippen molar-refractivity contribution in [1.29, 1.82) is 0 Å². The monoisotopic (exact) mass is 372 g/mol. The van der Waals surface area contributed by atoms with Gasteiger partial charge in [0.25, 0.3) is 5.91 Å². The number of thioether (sulfide) groups is 1. The van der Waals surface area contributed by atoms with E-state index in [2.05, 4.69) is 23.7 Å². The van der Waals surface area contributed by atoms with Crippen molar-refractivity contribution in [2.45, 2.75) is 42.9 Å². The predicted octanol–water partition coefficient (Wildman–Crippen LogP) is 4.33. The molecule has 2 aromatic rings. The Hall–Kier alpha value is -1.79. The Morgan fingerprint density at radius 1 is 1.36 bits per heavy atom. The molecule has 25 heavy (non-hydrogen) atoms. The van der Waals surface area contributed by atoms with Crippen LogP contribution < -0.4 is 5.32 Å². The highest BCUT2D eigenvalue weighted by Gasteiger charge is 2.31. The maximum absolute atomic E-state index is 13.1. The molecule has 2 atom stereocenters. The zero-order chi connectivity index (χ0) is 17.6. The number of benzene rings is 1. The Morgan fingerprint density at radius 3 is 3.00 bits per heavy atom. The van der Waals surface area contributed by atoms with Crippen LogP contribution in [0, 0.1) is 0 Å². The van der Waals surface area contributed by atoms with Gasteiger partial charge in [-0.2, -0.15) is 0 Å². The van der Waals surface area contributed by atoms with E-state index in [0.717, 1.165) is 30.0 Å². The van der Waals surface area contributed by atoms with E-state index in [0.29, 0.717) is 5.56 Å². The van der Waals surface area contributed by atoms with Gasteiger partial charge in [-0.25, -0.2) is 0 Å². The molecule has 0 bridgehead atoms. The zero-order valence-corrected chi connectivity index (χ0v) is 15.9. The van der Waals surface area contributed by atoms with Gasteiger partial charge in [0, 0.05) is 21.9 Å². The maximum Gasteiger partial charge on any atom is 0.254 e. The van der Waals surface area contributed by atoms with E-state index in [1.807, 2.05) is 30.0 Å². The quantitative estimate of drug-likeness (QED) is 0.854. The normalized spacial score (nSPS) is 22.2. The number of carbonyl (C=O) groups is 2. The fraction of sp³-hybridized carbons (Fsp3) is 0.368. The predicted molar refractivity (Wildman–Crippen MR) is 102 cm³/mol. The molecule has 2 aliphatic rings. The largest absolute Gasteiger partial charge is 0.331 e. The van der Waals surface area contributed by atoms with Gasteiger partial charge in [-0.3, -0.25) is 9.59 Å². The minimum absolute atomic E-state index is 0.00517. The molecule has 0 saturated carbocycles. The number of hydrogen-bond acceptors (Lipinski definition) is 4. The van der Waals surface area contributed by atoms with E-state index >= 15 is 0 Å². The van der Waals surface area contributed by atoms with Gasteiger partial charge in [0.05, 0.1) is 17.0 Å². The third kappa shape index (κ3) is 2.87. The number of thiophene rings is 1. The summed E-state index contributed by atoms with van der Waals surface area (Å²) in [4.78, 5) is 29.5. The number of amides is 2. The summed E-state index contributed by atoms with van der Waals surface area (Å²) in [6, 6.07) is 7.95. The van der Waals surface area contributed by atoms with Crippen molar-refractivity contribution in [3.8, 4) is 0 Å². The third-order valence-corrected chi connectivity index (χ3v) is 7.07. The van der Waals surface area contributed by atoms with Crippen molar-refractivity contribution in [2.24, 2.45) is 0 Å². The lowest BCUT2D eigenvalue weighted by Gasteiger charge is -2.35. The topological polar surface area (TPSA) is 49.4 Å². The van der Waals surface area contributed by atoms with Crippen LogP contribution >= 0.6 is 23.1 Å². The Bertz CT molecular complexity index is 846. The molecule has 0 fully saturated rings. The lowest BCUT2D eigenvalue weighted by molar-refractivity contribution is -0.115. The first-order chi connectivity index (χ1) is 12.1. The third-order valence-electron chi connectivity index (χ3n) is 4.90. The second kappa shape index (κ2) is 6.50. The molecule has 0 aliphatic carbocycles. The first-order valence-corrected chi connectivity index (χ1v) is 10.3. The first-order valence-electron chi connectivity index (χ1n) is 8.57. The molecule has 1 aromatic heterocycles. The molecule has 1 aromatic carbocycles. The van der Waals surface area contributed by atoms with Gasteiger partial charge in [-0.1, -0.05) is 6.92 Å². The molecule has 6 heteroatoms. The molecule has 0 saturated heterocycles. The SMILES string of the molecule is CCC1c2ccsc2CCN1C(=O)c1ccc2c(c1)NC(=O)C(C)S2. The summed E-state index contributed by atoms with van der Waals surface area (Å²) in [6.07, 6.45) is 1.83. The summed E-state index contributed by atoms with van der Waals surface area (Å²) in [5.41, 5.74) is 2.69. The molecule has 2 aliphatic heterocycles. The summed E-state index contributed by atoms with van der Waals surface area (Å²) in [5, 5.41) is 4.94. The average Bonchev–Trinajstić information content (AvgIpc) is 3.09. The van der Waals surface area contributed by atoms with Gasteiger partial charge in [-0.05, 0) is 55.0 Å². The van der Waals surface area contributed by atoms with Crippen molar-refractivity contribution in [3.63, 3.8) is 0 Å². The smallest absolute Gasteiger partial charge is 0.254 e. The zero-order valence-electron chi connectivity index (χ0n) is 14.2. The van der Waals surface area contributed by atoms with Crippen LogP contribution in [0.3, 0.4) is 0 Å². The Balaban J connectivity index is 1.63. The van der Waals surface area contributed by atoms with E-state index in [1.54, 1.807) is 11.3 Å². The molecule has 0 radical (unpaired) electrons. The van der Waals surface area contributed by atoms with Crippen molar-refractivity contribution >= 4 is 40.6 Å². The highest BCUT2D eigenvalue weighted by Crippen LogP contribution is 2.38. The minimum Gasteiger partial charge on any atom is -0.331 e. The van der Waals surface area contributed by atoms with E-state index in [1.165, 1.54) is 22.2 Å². The summed E-state index contributed by atoms with van der Waals surface area (Å²) in [5.74, 6) is 0.0405. The van der Waals surface area contributed by atoms with E-state index in [-0.39, 0.29) is 23.1 Å². The van der Waals surface area contributed by atoms with Crippen LogP contribution in [-0.2, 0) is 11.2 Å². The molecule has 0 spiro atoms. The van der Waals surface area contributed by atoms with Crippen molar-refractivity contribution in [2.75, 3.05) is 11.9 Å². The number of fused-ring (bicyclic) bond motifs is 2. The molecule has 2 amide bonds. The van der Waals surface area contributed by atoms with Crippen molar-refractivity contribution < 1.29 is 9.59 Å². The standard InChI is InChI=1S/C19H20N2O2S2/c1-3-15-13-7-9-24-16(13)6-8-21(15)19(23)12-4-5-17-14(10-12)20-18(22)11(2)25-17/h4-5,7,9-11,15H,3,6,8H2,1-2H3,(H,20,22). The minimum atomic E-state index is -0.0994. The Labute approximate surface area is 155 Å². The van der Waals surface area contributed by atoms with Gasteiger partial charge in [0.15, 0.2) is 0 Å². The van der Waals surface area contributed by atoms with Crippen molar-refractivity contribution in [3.05, 3.63) is 45.6 Å². The van der Waals surface area contributed by atoms with Gasteiger partial charge in [0.2, 0.25) is 5.91 Å². The molecule has 4 nitrogen and oxygen atoms in total. The Kier molecular flexibility index (Phi) is 4.33. The van der Waals surface area contributed by atoms with E-state index < -0.39 is 0 Å². The number of nitrogens with one attached hydrogen (secondary N) is 1. The molecule has 3 heterocycles. The molecular formula is C19H20N2O2S2. The second-order valence-electron chi connectivity index (χ2n) is 6.43. The van der Waals surface area contributed by atoms with E-state index in [9.17, 15) is 9.59 Å². The van der Waals surface area contributed by atoms with Crippen LogP contribution in [0.4, 0.5) is 5.69 Å². The molecule has 2 unspecified atom stereocenters. The number of hydrogen-bond donors (Lipinski definition) is 1. The van der Waals surface area contributed by atoms with Crippen molar-refractivity contribution in [1.82, 2.24) is 4.90 Å². The van der Waals surface area contributed by atoms with Crippen LogP contribution in [-0.4, -0.2) is 28.5 Å². The van der Waals surface area contributed by atoms with Gasteiger partial charge in [0.1, 0.15) is 0 Å². The van der Waals surface area contributed by atoms with Crippen LogP contribution in [0.25, 0.3) is 0 Å². The van der Waals surface area contributed by atoms with Gasteiger partial charge >= 0.3 is 0 Å². The molecule has 1 N–H and O–H groups in total. The highest BCUT2D eigenvalue weighted by atomic mass is 32.2. The summed E-state index contributed by atoms with van der Waals surface area (Å²) in [7, 11) is 0. The summed E-state index contributed by atoms with van der Waals surface area (Å²) < 4.78 is 0. The summed E-state index contributed by atoms with van der Waals surface area (Å²) >= 11 is 3.32. The van der Waals surface area contributed by atoms with Gasteiger partial charge < -0.3 is 10.2 Å². The molecule has 130 valence electrons. The number of anilines is 1. The number of rotatable bonds is 2. The lowest BCUT2D eigenvalue weighted by atomic mass is 9.96. The molecule has 4 rings (SSSR count). The van der Waals surface area contributed by atoms with Crippen LogP contribution in [0.15, 0.2) is 34.5 Å². The fourth-order valence-corrected chi connectivity index (χ4v) is 5.45. The summed E-state index contributed by atoms with van der Waals surface area (Å²) in [6.45, 7) is 4.77. The fourth-order valence-electron chi connectivity index (χ4n) is 3.59. The second-order valence-corrected chi connectivity index (χ2v) is 8.82. The Morgan fingerprint density at radius 2 is 2.20 bits per heavy atom. The number of nitrogens with zero attached hydrogens (tertiary/aromatic N) is 1. The lowest BCUT2D eigenvalue weighted by Crippen LogP contribution is -2.39. The average molecular weight is 373 g/mol. The van der Waals surface area contributed by atoms with Gasteiger partial charge in [-0.15, -0.1) is 23.1 Å². The molecular weight excluding hydrogens is 352 g/mol. The highest BCUT2D eigenvalue weighted by molar-refractivity contribution is 8.00. The van der Waals surface area contributed by atoms with Crippen LogP contribution in [0.2, 0.25) is 0 Å². The van der Waals surface area contributed by atoms with Crippen LogP contribution in [0.1, 0.15) is 47.1 Å².